The Balaban J connectivity index is 1.55. The number of hydrogen-bond donors (Lipinski definition) is 2. The van der Waals surface area contributed by atoms with Gasteiger partial charge in [-0.1, -0.05) is 6.07 Å². The highest BCUT2D eigenvalue weighted by Gasteiger charge is 2.28. The van der Waals surface area contributed by atoms with Crippen LogP contribution < -0.4 is 10.1 Å². The first kappa shape index (κ1) is 21.7. The zero-order valence-corrected chi connectivity index (χ0v) is 18.1. The number of amides is 1. The Bertz CT molecular complexity index is 1270. The number of pyridine rings is 1. The predicted octanol–water partition coefficient (Wildman–Crippen LogP) is 3.07. The number of sulfonamides is 1. The van der Waals surface area contributed by atoms with Crippen molar-refractivity contribution in [2.45, 2.75) is 37.6 Å². The summed E-state index contributed by atoms with van der Waals surface area (Å²) in [7, 11) is -3.96. The number of furan rings is 1. The van der Waals surface area contributed by atoms with Gasteiger partial charge in [-0.3, -0.25) is 9.78 Å². The molecule has 0 saturated heterocycles. The molecule has 1 aliphatic rings. The maximum atomic E-state index is 13.1. The van der Waals surface area contributed by atoms with Crippen molar-refractivity contribution in [3.05, 3.63) is 82.8 Å². The molecule has 1 amide bonds. The lowest BCUT2D eigenvalue weighted by atomic mass is 9.93. The number of aromatic nitrogens is 1. The second kappa shape index (κ2) is 8.91. The van der Waals surface area contributed by atoms with E-state index in [0.717, 1.165) is 24.3 Å². The van der Waals surface area contributed by atoms with Gasteiger partial charge >= 0.3 is 0 Å². The zero-order valence-electron chi connectivity index (χ0n) is 17.3. The zero-order chi connectivity index (χ0) is 22.7. The van der Waals surface area contributed by atoms with Crippen molar-refractivity contribution in [3.8, 4) is 0 Å². The summed E-state index contributed by atoms with van der Waals surface area (Å²) in [5.74, 6) is -0.151. The van der Waals surface area contributed by atoms with Crippen LogP contribution in [0, 0.1) is 12.7 Å². The van der Waals surface area contributed by atoms with E-state index < -0.39 is 15.8 Å². The van der Waals surface area contributed by atoms with Crippen molar-refractivity contribution in [2.75, 3.05) is 0 Å². The molecule has 2 heterocycles. The monoisotopic (exact) mass is 456 g/mol. The van der Waals surface area contributed by atoms with Crippen LogP contribution in [0.5, 0.6) is 0 Å². The number of fused-ring (bicyclic) bond motifs is 1. The average Bonchev–Trinajstić information content (AvgIpc) is 3.14. The van der Waals surface area contributed by atoms with Crippen LogP contribution in [-0.2, 0) is 23.0 Å². The number of rotatable bonds is 6. The van der Waals surface area contributed by atoms with Gasteiger partial charge in [0.1, 0.15) is 11.6 Å². The Kier molecular flexibility index (Phi) is 6.04. The number of nitrogens with zero attached hydrogens (tertiary/aromatic N) is 2. The first-order valence-corrected chi connectivity index (χ1v) is 11.5. The smallest absolute Gasteiger partial charge is 0.287 e. The Morgan fingerprint density at radius 1 is 1.19 bits per heavy atom. The second-order valence-corrected chi connectivity index (χ2v) is 8.98. The number of hydrazone groups is 1. The summed E-state index contributed by atoms with van der Waals surface area (Å²) in [6, 6.07) is 9.89. The number of carbonyl (C=O) groups is 1. The molecule has 0 radical (unpaired) electrons. The van der Waals surface area contributed by atoms with Crippen molar-refractivity contribution in [1.29, 1.82) is 0 Å². The number of hydrogen-bond acceptors (Lipinski definition) is 6. The van der Waals surface area contributed by atoms with Crippen LogP contribution in [-0.4, -0.2) is 25.0 Å². The first-order chi connectivity index (χ1) is 15.3. The van der Waals surface area contributed by atoms with Gasteiger partial charge < -0.3 is 9.73 Å². The quantitative estimate of drug-likeness (QED) is 0.554. The van der Waals surface area contributed by atoms with E-state index >= 15 is 0 Å². The Morgan fingerprint density at radius 2 is 1.97 bits per heavy atom. The van der Waals surface area contributed by atoms with Gasteiger partial charge in [-0.15, -0.1) is 0 Å². The fraction of sp³-hybridized carbons (Fsp3) is 0.227. The van der Waals surface area contributed by atoms with Gasteiger partial charge in [0, 0.05) is 23.7 Å². The molecule has 0 unspecified atom stereocenters. The highest BCUT2D eigenvalue weighted by molar-refractivity contribution is 7.89. The number of halogens is 1. The molecule has 0 aliphatic heterocycles. The molecule has 0 fully saturated rings. The van der Waals surface area contributed by atoms with Crippen LogP contribution >= 0.6 is 0 Å². The van der Waals surface area contributed by atoms with Gasteiger partial charge in [0.15, 0.2) is 5.76 Å². The van der Waals surface area contributed by atoms with Crippen molar-refractivity contribution in [3.63, 3.8) is 0 Å². The summed E-state index contributed by atoms with van der Waals surface area (Å²) in [5, 5.41) is 6.89. The molecule has 2 N–H and O–H groups in total. The summed E-state index contributed by atoms with van der Waals surface area (Å²) < 4.78 is 43.9. The second-order valence-electron chi connectivity index (χ2n) is 7.32. The largest absolute Gasteiger partial charge is 0.455 e. The molecule has 2 aromatic heterocycles. The third-order valence-corrected chi connectivity index (χ3v) is 6.34. The summed E-state index contributed by atoms with van der Waals surface area (Å²) in [4.78, 5) is 19.0. The minimum Gasteiger partial charge on any atom is -0.455 e. The van der Waals surface area contributed by atoms with Crippen molar-refractivity contribution in [1.82, 2.24) is 15.1 Å². The molecule has 0 saturated carbocycles. The van der Waals surface area contributed by atoms with Crippen LogP contribution in [0.2, 0.25) is 0 Å². The van der Waals surface area contributed by atoms with Crippen molar-refractivity contribution >= 4 is 21.6 Å². The third kappa shape index (κ3) is 4.54. The fourth-order valence-electron chi connectivity index (χ4n) is 3.53. The number of aryl methyl sites for hydroxylation is 1. The standard InChI is InChI=1S/C22H21FN4O4S/c1-14-20-18(26-27-32(29,30)17-10-8-15(23)9-11-17)6-4-7-19(20)31-21(14)22(28)25-13-16-5-2-3-12-24-16/h2-3,5,8-12,27H,4,6-7,13H2,1H3,(H,25,28)/b26-18+. The van der Waals surface area contributed by atoms with E-state index in [1.54, 1.807) is 25.3 Å². The lowest BCUT2D eigenvalue weighted by molar-refractivity contribution is 0.0920. The van der Waals surface area contributed by atoms with Crippen LogP contribution in [0.1, 0.15) is 46.0 Å². The van der Waals surface area contributed by atoms with Crippen LogP contribution in [0.15, 0.2) is 63.1 Å². The fourth-order valence-corrected chi connectivity index (χ4v) is 4.36. The SMILES string of the molecule is Cc1c(C(=O)NCc2ccccn2)oc2c1/C(=N/NS(=O)(=O)c1ccc(F)cc1)CCC2. The maximum Gasteiger partial charge on any atom is 0.287 e. The molecule has 4 rings (SSSR count). The van der Waals surface area contributed by atoms with E-state index in [0.29, 0.717) is 47.6 Å². The van der Waals surface area contributed by atoms with Gasteiger partial charge in [-0.05, 0) is 56.2 Å². The number of carbonyl (C=O) groups excluding carboxylic acids is 1. The lowest BCUT2D eigenvalue weighted by Crippen LogP contribution is -2.24. The van der Waals surface area contributed by atoms with E-state index in [4.69, 9.17) is 4.42 Å². The topological polar surface area (TPSA) is 114 Å². The van der Waals surface area contributed by atoms with E-state index in [-0.39, 0.29) is 23.1 Å². The van der Waals surface area contributed by atoms with E-state index in [9.17, 15) is 17.6 Å². The number of benzene rings is 1. The van der Waals surface area contributed by atoms with Gasteiger partial charge in [0.2, 0.25) is 0 Å². The molecule has 10 heteroatoms. The summed E-state index contributed by atoms with van der Waals surface area (Å²) in [5.41, 5.74) is 2.44. The molecular weight excluding hydrogens is 435 g/mol. The van der Waals surface area contributed by atoms with E-state index in [2.05, 4.69) is 20.2 Å². The van der Waals surface area contributed by atoms with Gasteiger partial charge in [-0.25, -0.2) is 4.39 Å². The molecule has 0 atom stereocenters. The summed E-state index contributed by atoms with van der Waals surface area (Å²) >= 11 is 0. The summed E-state index contributed by atoms with van der Waals surface area (Å²) in [6.45, 7) is 2.00. The first-order valence-electron chi connectivity index (χ1n) is 10.00. The van der Waals surface area contributed by atoms with Crippen molar-refractivity contribution < 1.29 is 22.0 Å². The molecular formula is C22H21FN4O4S. The molecule has 1 aromatic carbocycles. The molecule has 0 spiro atoms. The Hall–Kier alpha value is -3.53. The predicted molar refractivity (Wildman–Crippen MR) is 115 cm³/mol. The minimum atomic E-state index is -3.96. The summed E-state index contributed by atoms with van der Waals surface area (Å²) in [6.07, 6.45) is 3.49. The normalized spacial score (nSPS) is 14.8. The number of nitrogens with one attached hydrogen (secondary N) is 2. The van der Waals surface area contributed by atoms with E-state index in [1.165, 1.54) is 0 Å². The lowest BCUT2D eigenvalue weighted by Gasteiger charge is -2.14. The van der Waals surface area contributed by atoms with Crippen molar-refractivity contribution in [2.24, 2.45) is 5.10 Å². The maximum absolute atomic E-state index is 13.1. The highest BCUT2D eigenvalue weighted by Crippen LogP contribution is 2.30. The van der Waals surface area contributed by atoms with Crippen LogP contribution in [0.4, 0.5) is 4.39 Å². The molecule has 1 aliphatic carbocycles. The average molecular weight is 456 g/mol. The molecule has 32 heavy (non-hydrogen) atoms. The Labute approximate surface area is 184 Å². The molecule has 166 valence electrons. The third-order valence-electron chi connectivity index (χ3n) is 5.11. The van der Waals surface area contributed by atoms with Gasteiger partial charge in [-0.2, -0.15) is 18.4 Å². The van der Waals surface area contributed by atoms with E-state index in [1.807, 2.05) is 6.07 Å². The van der Waals surface area contributed by atoms with Crippen LogP contribution in [0.25, 0.3) is 0 Å². The molecule has 8 nitrogen and oxygen atoms in total. The molecule has 3 aromatic rings. The highest BCUT2D eigenvalue weighted by atomic mass is 32.2. The molecule has 0 bridgehead atoms. The Morgan fingerprint density at radius 3 is 2.69 bits per heavy atom. The minimum absolute atomic E-state index is 0.0993. The van der Waals surface area contributed by atoms with Gasteiger partial charge in [0.05, 0.1) is 22.8 Å². The van der Waals surface area contributed by atoms with Crippen LogP contribution in [0.3, 0.4) is 0 Å². The van der Waals surface area contributed by atoms with Gasteiger partial charge in [0.25, 0.3) is 15.9 Å².